The first-order chi connectivity index (χ1) is 3.43. The van der Waals surface area contributed by atoms with E-state index < -0.39 is 0 Å². The van der Waals surface area contributed by atoms with E-state index in [2.05, 4.69) is 5.32 Å². The molecular weight excluding hydrogens is 93.1 g/mol. The van der Waals surface area contributed by atoms with E-state index in [1.165, 1.54) is 0 Å². The third-order valence-corrected chi connectivity index (χ3v) is 1.16. The normalized spacial score (nSPS) is 23.0. The summed E-state index contributed by atoms with van der Waals surface area (Å²) in [6.45, 7) is 1.89. The Balaban J connectivity index is 2.14. The molecule has 0 unspecified atom stereocenters. The Kier molecular flexibility index (Phi) is 1.42. The predicted octanol–water partition coefficient (Wildman–Crippen LogP) is 0.689. The monoisotopic (exact) mass is 101 g/mol. The molecule has 1 heterocycles. The minimum absolute atomic E-state index is 0.463. The summed E-state index contributed by atoms with van der Waals surface area (Å²) < 4.78 is 11.3. The molecule has 1 aliphatic rings. The number of halogens is 1. The van der Waals surface area contributed by atoms with Crippen LogP contribution >= 0.6 is 0 Å². The molecule has 40 valence electrons. The Labute approximate surface area is 42.2 Å². The van der Waals surface area contributed by atoms with Crippen molar-refractivity contribution in [3.63, 3.8) is 0 Å². The van der Waals surface area contributed by atoms with E-state index in [1.807, 2.05) is 0 Å². The first-order valence-electron chi connectivity index (χ1n) is 2.41. The van der Waals surface area contributed by atoms with Crippen LogP contribution in [-0.4, -0.2) is 13.1 Å². The molecule has 1 nitrogen and oxygen atoms in total. The Hall–Kier alpha value is -0.370. The number of rotatable bonds is 1. The van der Waals surface area contributed by atoms with Gasteiger partial charge >= 0.3 is 0 Å². The molecule has 0 aromatic rings. The molecule has 1 saturated heterocycles. The lowest BCUT2D eigenvalue weighted by Gasteiger charge is -2.22. The molecule has 0 aromatic heterocycles. The molecule has 0 bridgehead atoms. The van der Waals surface area contributed by atoms with E-state index >= 15 is 0 Å². The molecule has 1 N–H and O–H groups in total. The molecule has 0 aliphatic carbocycles. The largest absolute Gasteiger partial charge is 0.315 e. The second kappa shape index (κ2) is 2.07. The van der Waals surface area contributed by atoms with Crippen molar-refractivity contribution in [1.82, 2.24) is 5.32 Å². The smallest absolute Gasteiger partial charge is 0.0830 e. The molecule has 2 heteroatoms. The SMILES string of the molecule is FC=CC1CNC1. The maximum atomic E-state index is 11.3. The first-order valence-corrected chi connectivity index (χ1v) is 2.41. The Morgan fingerprint density at radius 3 is 2.43 bits per heavy atom. The van der Waals surface area contributed by atoms with Gasteiger partial charge in [-0.15, -0.1) is 0 Å². The molecule has 0 saturated carbocycles. The van der Waals surface area contributed by atoms with Gasteiger partial charge in [-0.25, -0.2) is 4.39 Å². The van der Waals surface area contributed by atoms with Crippen LogP contribution in [0.1, 0.15) is 0 Å². The van der Waals surface area contributed by atoms with Crippen molar-refractivity contribution < 1.29 is 4.39 Å². The third kappa shape index (κ3) is 0.996. The van der Waals surface area contributed by atoms with Crippen molar-refractivity contribution in [2.45, 2.75) is 0 Å². The van der Waals surface area contributed by atoms with Crippen molar-refractivity contribution in [3.8, 4) is 0 Å². The van der Waals surface area contributed by atoms with Crippen LogP contribution < -0.4 is 5.32 Å². The molecule has 0 amide bonds. The maximum absolute atomic E-state index is 11.3. The number of hydrogen-bond donors (Lipinski definition) is 1. The van der Waals surface area contributed by atoms with Gasteiger partial charge in [-0.05, 0) is 0 Å². The van der Waals surface area contributed by atoms with E-state index in [-0.39, 0.29) is 0 Å². The molecule has 0 atom stereocenters. The number of nitrogens with one attached hydrogen (secondary N) is 1. The molecule has 1 fully saturated rings. The van der Waals surface area contributed by atoms with Gasteiger partial charge in [0.15, 0.2) is 0 Å². The molecule has 1 aliphatic heterocycles. The zero-order chi connectivity index (χ0) is 5.11. The van der Waals surface area contributed by atoms with Gasteiger partial charge in [0.25, 0.3) is 0 Å². The fourth-order valence-corrected chi connectivity index (χ4v) is 0.550. The summed E-state index contributed by atoms with van der Waals surface area (Å²) in [5.74, 6) is 0.463. The van der Waals surface area contributed by atoms with Gasteiger partial charge in [0, 0.05) is 19.0 Å². The van der Waals surface area contributed by atoms with Crippen LogP contribution in [-0.2, 0) is 0 Å². The zero-order valence-electron chi connectivity index (χ0n) is 4.02. The van der Waals surface area contributed by atoms with Gasteiger partial charge in [0.2, 0.25) is 0 Å². The highest BCUT2D eigenvalue weighted by atomic mass is 19.1. The van der Waals surface area contributed by atoms with Gasteiger partial charge in [-0.1, -0.05) is 6.08 Å². The third-order valence-electron chi connectivity index (χ3n) is 1.16. The average Bonchev–Trinajstić information content (AvgIpc) is 1.55. The Bertz CT molecular complexity index is 76.1. The maximum Gasteiger partial charge on any atom is 0.0830 e. The van der Waals surface area contributed by atoms with Gasteiger partial charge in [-0.2, -0.15) is 0 Å². The van der Waals surface area contributed by atoms with E-state index in [0.29, 0.717) is 12.2 Å². The van der Waals surface area contributed by atoms with E-state index in [0.717, 1.165) is 13.1 Å². The second-order valence-corrected chi connectivity index (χ2v) is 1.74. The molecule has 0 radical (unpaired) electrons. The molecule has 7 heavy (non-hydrogen) atoms. The topological polar surface area (TPSA) is 12.0 Å². The van der Waals surface area contributed by atoms with Crippen molar-refractivity contribution in [3.05, 3.63) is 12.4 Å². The summed E-state index contributed by atoms with van der Waals surface area (Å²) in [5, 5.41) is 3.03. The van der Waals surface area contributed by atoms with Crippen molar-refractivity contribution in [2.24, 2.45) is 5.92 Å². The van der Waals surface area contributed by atoms with Gasteiger partial charge in [0.05, 0.1) is 6.33 Å². The second-order valence-electron chi connectivity index (χ2n) is 1.74. The van der Waals surface area contributed by atoms with Gasteiger partial charge in [-0.3, -0.25) is 0 Å². The minimum atomic E-state index is 0.463. The summed E-state index contributed by atoms with van der Waals surface area (Å²) in [6, 6.07) is 0. The number of hydrogen-bond acceptors (Lipinski definition) is 1. The van der Waals surface area contributed by atoms with E-state index in [1.54, 1.807) is 6.08 Å². The average molecular weight is 101 g/mol. The van der Waals surface area contributed by atoms with Crippen molar-refractivity contribution >= 4 is 0 Å². The van der Waals surface area contributed by atoms with Crippen LogP contribution in [0.5, 0.6) is 0 Å². The van der Waals surface area contributed by atoms with Crippen LogP contribution in [0.25, 0.3) is 0 Å². The van der Waals surface area contributed by atoms with Crippen LogP contribution in [0, 0.1) is 5.92 Å². The van der Waals surface area contributed by atoms with Crippen LogP contribution in [0.4, 0.5) is 4.39 Å². The molecule has 1 rings (SSSR count). The minimum Gasteiger partial charge on any atom is -0.315 e. The van der Waals surface area contributed by atoms with Crippen LogP contribution in [0.3, 0.4) is 0 Å². The Morgan fingerprint density at radius 2 is 2.29 bits per heavy atom. The zero-order valence-corrected chi connectivity index (χ0v) is 4.02. The Morgan fingerprint density at radius 1 is 1.57 bits per heavy atom. The van der Waals surface area contributed by atoms with Gasteiger partial charge < -0.3 is 5.32 Å². The van der Waals surface area contributed by atoms with Gasteiger partial charge in [0.1, 0.15) is 0 Å². The van der Waals surface area contributed by atoms with Crippen LogP contribution in [0.15, 0.2) is 12.4 Å². The molecular formula is C5H8FN. The molecule has 0 spiro atoms. The van der Waals surface area contributed by atoms with Crippen LogP contribution in [0.2, 0.25) is 0 Å². The lowest BCUT2D eigenvalue weighted by Crippen LogP contribution is -2.40. The highest BCUT2D eigenvalue weighted by Gasteiger charge is 2.11. The molecule has 0 aromatic carbocycles. The first kappa shape index (κ1) is 4.78. The highest BCUT2D eigenvalue weighted by Crippen LogP contribution is 2.02. The lowest BCUT2D eigenvalue weighted by atomic mass is 10.0. The fraction of sp³-hybridized carbons (Fsp3) is 0.600. The summed E-state index contributed by atoms with van der Waals surface area (Å²) >= 11 is 0. The quantitative estimate of drug-likeness (QED) is 0.512. The standard InChI is InChI=1S/C5H8FN/c6-2-1-5-3-7-4-5/h1-2,5,7H,3-4H2. The predicted molar refractivity (Wildman–Crippen MR) is 26.6 cm³/mol. The van der Waals surface area contributed by atoms with E-state index in [4.69, 9.17) is 0 Å². The van der Waals surface area contributed by atoms with Crippen molar-refractivity contribution in [2.75, 3.05) is 13.1 Å². The fourth-order valence-electron chi connectivity index (χ4n) is 0.550. The summed E-state index contributed by atoms with van der Waals surface area (Å²) in [4.78, 5) is 0. The highest BCUT2D eigenvalue weighted by molar-refractivity contribution is 4.91. The lowest BCUT2D eigenvalue weighted by molar-refractivity contribution is 0.414. The van der Waals surface area contributed by atoms with Crippen molar-refractivity contribution in [1.29, 1.82) is 0 Å². The van der Waals surface area contributed by atoms with E-state index in [9.17, 15) is 4.39 Å². The summed E-state index contributed by atoms with van der Waals surface area (Å²) in [7, 11) is 0. The summed E-state index contributed by atoms with van der Waals surface area (Å²) in [6.07, 6.45) is 2.20. The summed E-state index contributed by atoms with van der Waals surface area (Å²) in [5.41, 5.74) is 0.